The molecule has 2 rings (SSSR count). The van der Waals surface area contributed by atoms with E-state index in [1.54, 1.807) is 0 Å². The molecule has 1 fully saturated rings. The molecule has 0 radical (unpaired) electrons. The fraction of sp³-hybridized carbons (Fsp3) is 0.462. The number of amides is 1. The number of hydrogen-bond acceptors (Lipinski definition) is 4. The number of aliphatic hydroxyl groups is 1. The minimum absolute atomic E-state index is 0.106. The van der Waals surface area contributed by atoms with E-state index in [0.29, 0.717) is 12.0 Å². The molecule has 0 unspecified atom stereocenters. The van der Waals surface area contributed by atoms with E-state index in [2.05, 4.69) is 0 Å². The third kappa shape index (κ3) is 2.85. The van der Waals surface area contributed by atoms with E-state index in [4.69, 9.17) is 0 Å². The molecule has 0 aromatic heterocycles. The van der Waals surface area contributed by atoms with Crippen molar-refractivity contribution in [2.45, 2.75) is 37.3 Å². The van der Waals surface area contributed by atoms with Gasteiger partial charge < -0.3 is 10.4 Å². The predicted octanol–water partition coefficient (Wildman–Crippen LogP) is 1.76. The molecule has 0 aliphatic heterocycles. The van der Waals surface area contributed by atoms with Gasteiger partial charge in [0.15, 0.2) is 0 Å². The van der Waals surface area contributed by atoms with Crippen LogP contribution >= 0.6 is 0 Å². The highest BCUT2D eigenvalue weighted by atomic mass is 19.3. The molecule has 114 valence electrons. The molecule has 1 aromatic carbocycles. The second-order valence-electron chi connectivity index (χ2n) is 5.07. The average Bonchev–Trinajstić information content (AvgIpc) is 2.42. The van der Waals surface area contributed by atoms with Crippen LogP contribution in [0.15, 0.2) is 24.3 Å². The van der Waals surface area contributed by atoms with Crippen molar-refractivity contribution in [1.82, 2.24) is 5.32 Å². The van der Waals surface area contributed by atoms with Gasteiger partial charge in [-0.1, -0.05) is 12.1 Å². The van der Waals surface area contributed by atoms with E-state index in [1.165, 1.54) is 24.3 Å². The van der Waals surface area contributed by atoms with E-state index in [1.807, 2.05) is 5.32 Å². The highest BCUT2D eigenvalue weighted by Gasteiger charge is 2.61. The maximum absolute atomic E-state index is 13.8. The van der Waals surface area contributed by atoms with Gasteiger partial charge in [0, 0.05) is 18.7 Å². The van der Waals surface area contributed by atoms with Gasteiger partial charge in [-0.15, -0.1) is 0 Å². The Bertz CT molecular complexity index is 556. The number of benzene rings is 1. The number of carbonyl (C=O) groups excluding carboxylic acids is 1. The number of hydrogen-bond donors (Lipinski definition) is 2. The second kappa shape index (κ2) is 5.36. The van der Waals surface area contributed by atoms with Gasteiger partial charge in [0.05, 0.1) is 4.92 Å². The molecule has 0 atom stereocenters. The monoisotopic (exact) mass is 300 g/mol. The first-order chi connectivity index (χ1) is 9.76. The van der Waals surface area contributed by atoms with Crippen LogP contribution in [-0.2, 0) is 11.3 Å². The smallest absolute Gasteiger partial charge is 0.352 e. The standard InChI is InChI=1S/C13H14F2N2O4/c14-13(15,12(19)6-1-7-12)11(18)16-8-9-2-4-10(5-3-9)17(20)21/h2-5,19H,1,6-8H2,(H,16,18). The Morgan fingerprint density at radius 3 is 2.38 bits per heavy atom. The SMILES string of the molecule is O=C(NCc1ccc([N+](=O)[O-])cc1)C(F)(F)C1(O)CCC1. The molecule has 8 heteroatoms. The molecule has 6 nitrogen and oxygen atoms in total. The van der Waals surface area contributed by atoms with Crippen molar-refractivity contribution < 1.29 is 23.6 Å². The first-order valence-corrected chi connectivity index (χ1v) is 6.38. The third-order valence-corrected chi connectivity index (χ3v) is 3.65. The Labute approximate surface area is 118 Å². The topological polar surface area (TPSA) is 92.5 Å². The lowest BCUT2D eigenvalue weighted by molar-refractivity contribution is -0.384. The molecule has 1 aromatic rings. The summed E-state index contributed by atoms with van der Waals surface area (Å²) in [5, 5.41) is 22.1. The normalized spacial score (nSPS) is 16.9. The molecular formula is C13H14F2N2O4. The van der Waals surface area contributed by atoms with Crippen LogP contribution in [0.4, 0.5) is 14.5 Å². The lowest BCUT2D eigenvalue weighted by Crippen LogP contribution is -2.60. The second-order valence-corrected chi connectivity index (χ2v) is 5.07. The zero-order valence-electron chi connectivity index (χ0n) is 11.0. The van der Waals surface area contributed by atoms with Gasteiger partial charge in [-0.05, 0) is 24.8 Å². The van der Waals surface area contributed by atoms with Crippen LogP contribution in [0.25, 0.3) is 0 Å². The molecule has 0 saturated heterocycles. The number of halogens is 2. The number of alkyl halides is 2. The Hall–Kier alpha value is -2.09. The Morgan fingerprint density at radius 2 is 1.95 bits per heavy atom. The van der Waals surface area contributed by atoms with Crippen molar-refractivity contribution in [2.24, 2.45) is 0 Å². The molecule has 21 heavy (non-hydrogen) atoms. The molecule has 0 heterocycles. The minimum atomic E-state index is -3.84. The Kier molecular flexibility index (Phi) is 3.91. The third-order valence-electron chi connectivity index (χ3n) is 3.65. The van der Waals surface area contributed by atoms with Gasteiger partial charge in [-0.2, -0.15) is 8.78 Å². The number of nitrogens with one attached hydrogen (secondary N) is 1. The maximum Gasteiger partial charge on any atom is 0.352 e. The van der Waals surface area contributed by atoms with Gasteiger partial charge in [0.2, 0.25) is 0 Å². The molecule has 1 amide bonds. The fourth-order valence-electron chi connectivity index (χ4n) is 2.07. The lowest BCUT2D eigenvalue weighted by Gasteiger charge is -2.41. The number of non-ortho nitro benzene ring substituents is 1. The van der Waals surface area contributed by atoms with E-state index in [9.17, 15) is 28.8 Å². The summed E-state index contributed by atoms with van der Waals surface area (Å²) < 4.78 is 27.5. The molecular weight excluding hydrogens is 286 g/mol. The van der Waals surface area contributed by atoms with Crippen LogP contribution in [0.1, 0.15) is 24.8 Å². The van der Waals surface area contributed by atoms with Crippen LogP contribution in [0, 0.1) is 10.1 Å². The zero-order chi connectivity index (χ0) is 15.7. The molecule has 0 spiro atoms. The maximum atomic E-state index is 13.8. The van der Waals surface area contributed by atoms with Crippen molar-refractivity contribution in [3.8, 4) is 0 Å². The predicted molar refractivity (Wildman–Crippen MR) is 68.7 cm³/mol. The molecule has 1 saturated carbocycles. The number of nitrogens with zero attached hydrogens (tertiary/aromatic N) is 1. The lowest BCUT2D eigenvalue weighted by atomic mass is 9.75. The summed E-state index contributed by atoms with van der Waals surface area (Å²) in [5.74, 6) is -5.38. The highest BCUT2D eigenvalue weighted by Crippen LogP contribution is 2.44. The Balaban J connectivity index is 1.96. The average molecular weight is 300 g/mol. The molecule has 0 bridgehead atoms. The highest BCUT2D eigenvalue weighted by molar-refractivity contribution is 5.85. The van der Waals surface area contributed by atoms with Crippen molar-refractivity contribution in [2.75, 3.05) is 0 Å². The van der Waals surface area contributed by atoms with Gasteiger partial charge >= 0.3 is 5.92 Å². The summed E-state index contributed by atoms with van der Waals surface area (Å²) in [6.07, 6.45) is 0.248. The zero-order valence-corrected chi connectivity index (χ0v) is 11.0. The number of carbonyl (C=O) groups is 1. The van der Waals surface area contributed by atoms with Crippen LogP contribution in [0.5, 0.6) is 0 Å². The van der Waals surface area contributed by atoms with Crippen molar-refractivity contribution in [1.29, 1.82) is 0 Å². The van der Waals surface area contributed by atoms with E-state index in [-0.39, 0.29) is 25.1 Å². The van der Waals surface area contributed by atoms with Gasteiger partial charge in [-0.25, -0.2) is 0 Å². The van der Waals surface area contributed by atoms with Gasteiger partial charge in [-0.3, -0.25) is 14.9 Å². The van der Waals surface area contributed by atoms with Crippen molar-refractivity contribution in [3.05, 3.63) is 39.9 Å². The molecule has 2 N–H and O–H groups in total. The number of nitro benzene ring substituents is 1. The first kappa shape index (κ1) is 15.3. The molecule has 1 aliphatic rings. The molecule has 1 aliphatic carbocycles. The summed E-state index contributed by atoms with van der Waals surface area (Å²) in [6, 6.07) is 5.18. The minimum Gasteiger partial charge on any atom is -0.383 e. The van der Waals surface area contributed by atoms with Gasteiger partial charge in [0.25, 0.3) is 11.6 Å². The number of rotatable bonds is 5. The first-order valence-electron chi connectivity index (χ1n) is 6.38. The summed E-state index contributed by atoms with van der Waals surface area (Å²) in [4.78, 5) is 21.4. The summed E-state index contributed by atoms with van der Waals surface area (Å²) in [7, 11) is 0. The number of nitro groups is 1. The summed E-state index contributed by atoms with van der Waals surface area (Å²) in [6.45, 7) is -0.192. The van der Waals surface area contributed by atoms with E-state index >= 15 is 0 Å². The quantitative estimate of drug-likeness (QED) is 0.640. The Morgan fingerprint density at radius 1 is 1.38 bits per heavy atom. The van der Waals surface area contributed by atoms with Gasteiger partial charge in [0.1, 0.15) is 5.60 Å². The van der Waals surface area contributed by atoms with E-state index < -0.39 is 22.4 Å². The van der Waals surface area contributed by atoms with Crippen LogP contribution in [0.3, 0.4) is 0 Å². The summed E-state index contributed by atoms with van der Waals surface area (Å²) in [5.41, 5.74) is -1.93. The largest absolute Gasteiger partial charge is 0.383 e. The fourth-order valence-corrected chi connectivity index (χ4v) is 2.07. The summed E-state index contributed by atoms with van der Waals surface area (Å²) >= 11 is 0. The van der Waals surface area contributed by atoms with E-state index in [0.717, 1.165) is 0 Å². The van der Waals surface area contributed by atoms with Crippen molar-refractivity contribution >= 4 is 11.6 Å². The van der Waals surface area contributed by atoms with Crippen LogP contribution < -0.4 is 5.32 Å². The van der Waals surface area contributed by atoms with Crippen LogP contribution in [0.2, 0.25) is 0 Å². The van der Waals surface area contributed by atoms with Crippen molar-refractivity contribution in [3.63, 3.8) is 0 Å². The van der Waals surface area contributed by atoms with Crippen LogP contribution in [-0.4, -0.2) is 27.5 Å².